The normalized spacial score (nSPS) is 16.0. The lowest BCUT2D eigenvalue weighted by Gasteiger charge is -2.22. The molecule has 0 aliphatic carbocycles. The monoisotopic (exact) mass is 205 g/mol. The molecule has 5 heteroatoms. The minimum atomic E-state index is -0.876. The summed E-state index contributed by atoms with van der Waals surface area (Å²) in [7, 11) is 0. The fourth-order valence-corrected chi connectivity index (χ4v) is 1.51. The van der Waals surface area contributed by atoms with Gasteiger partial charge in [-0.15, -0.1) is 0 Å². The number of amides is 1. The van der Waals surface area contributed by atoms with Crippen LogP contribution in [0, 0.1) is 0 Å². The van der Waals surface area contributed by atoms with Gasteiger partial charge >= 0.3 is 6.09 Å². The van der Waals surface area contributed by atoms with Crippen LogP contribution in [0.25, 0.3) is 5.57 Å². The maximum Gasteiger partial charge on any atom is 0.407 e. The van der Waals surface area contributed by atoms with Crippen molar-refractivity contribution in [1.82, 2.24) is 14.9 Å². The van der Waals surface area contributed by atoms with Gasteiger partial charge in [0, 0.05) is 25.5 Å². The lowest BCUT2D eigenvalue weighted by molar-refractivity contribution is 0.150. The molecule has 0 saturated heterocycles. The molecule has 0 unspecified atom stereocenters. The Bertz CT molecular complexity index is 389. The van der Waals surface area contributed by atoms with E-state index in [2.05, 4.69) is 9.97 Å². The molecule has 1 amide bonds. The molecule has 15 heavy (non-hydrogen) atoms. The van der Waals surface area contributed by atoms with Gasteiger partial charge in [-0.3, -0.25) is 0 Å². The highest BCUT2D eigenvalue weighted by molar-refractivity contribution is 5.69. The number of aromatic nitrogens is 2. The van der Waals surface area contributed by atoms with E-state index < -0.39 is 6.09 Å². The van der Waals surface area contributed by atoms with Crippen LogP contribution in [-0.2, 0) is 0 Å². The zero-order chi connectivity index (χ0) is 10.7. The summed E-state index contributed by atoms with van der Waals surface area (Å²) in [6.45, 7) is 0.933. The molecule has 1 aromatic heterocycles. The third kappa shape index (κ3) is 2.12. The molecule has 0 saturated carbocycles. The number of nitrogens with zero attached hydrogens (tertiary/aromatic N) is 3. The number of hydrogen-bond acceptors (Lipinski definition) is 3. The Morgan fingerprint density at radius 2 is 2.13 bits per heavy atom. The average Bonchev–Trinajstić information content (AvgIpc) is 2.30. The van der Waals surface area contributed by atoms with Crippen molar-refractivity contribution in [1.29, 1.82) is 0 Å². The van der Waals surface area contributed by atoms with Crippen molar-refractivity contribution in [2.45, 2.75) is 6.42 Å². The van der Waals surface area contributed by atoms with Crippen molar-refractivity contribution in [2.24, 2.45) is 0 Å². The van der Waals surface area contributed by atoms with Gasteiger partial charge in [0.2, 0.25) is 0 Å². The van der Waals surface area contributed by atoms with Crippen molar-refractivity contribution in [3.8, 4) is 0 Å². The summed E-state index contributed by atoms with van der Waals surface area (Å²) in [6, 6.07) is 1.76. The Kier molecular flexibility index (Phi) is 2.62. The van der Waals surface area contributed by atoms with Crippen LogP contribution in [0.15, 0.2) is 24.5 Å². The Morgan fingerprint density at radius 1 is 1.40 bits per heavy atom. The van der Waals surface area contributed by atoms with Crippen LogP contribution in [0.2, 0.25) is 0 Å². The quantitative estimate of drug-likeness (QED) is 0.749. The molecule has 0 spiro atoms. The molecule has 0 fully saturated rings. The summed E-state index contributed by atoms with van der Waals surface area (Å²) in [4.78, 5) is 20.3. The third-order valence-corrected chi connectivity index (χ3v) is 2.33. The van der Waals surface area contributed by atoms with E-state index in [1.54, 1.807) is 18.5 Å². The van der Waals surface area contributed by atoms with E-state index in [9.17, 15) is 4.79 Å². The molecule has 78 valence electrons. The third-order valence-electron chi connectivity index (χ3n) is 2.33. The van der Waals surface area contributed by atoms with Gasteiger partial charge < -0.3 is 10.0 Å². The largest absolute Gasteiger partial charge is 0.465 e. The van der Waals surface area contributed by atoms with Crippen LogP contribution in [0.5, 0.6) is 0 Å². The van der Waals surface area contributed by atoms with Crippen molar-refractivity contribution in [2.75, 3.05) is 13.1 Å². The highest BCUT2D eigenvalue weighted by atomic mass is 16.4. The van der Waals surface area contributed by atoms with E-state index in [1.165, 1.54) is 4.90 Å². The molecule has 1 aromatic rings. The lowest BCUT2D eigenvalue weighted by atomic mass is 10.1. The topological polar surface area (TPSA) is 66.3 Å². The Hall–Kier alpha value is -1.91. The second-order valence-corrected chi connectivity index (χ2v) is 3.28. The molecule has 2 heterocycles. The molecule has 0 radical (unpaired) electrons. The standard InChI is InChI=1S/C10H11N3O2/c14-10(15)13-6-2-8(3-7-13)9-11-4-1-5-12-9/h1-2,4-5H,3,6-7H2,(H,14,15). The van der Waals surface area contributed by atoms with Gasteiger partial charge in [-0.1, -0.05) is 6.08 Å². The number of carboxylic acid groups (broad SMARTS) is 1. The number of rotatable bonds is 1. The predicted molar refractivity (Wildman–Crippen MR) is 54.2 cm³/mol. The summed E-state index contributed by atoms with van der Waals surface area (Å²) in [5, 5.41) is 8.76. The van der Waals surface area contributed by atoms with Crippen molar-refractivity contribution in [3.63, 3.8) is 0 Å². The molecule has 1 aliphatic rings. The van der Waals surface area contributed by atoms with Gasteiger partial charge in [0.25, 0.3) is 0 Å². The average molecular weight is 205 g/mol. The minimum Gasteiger partial charge on any atom is -0.465 e. The molecule has 0 atom stereocenters. The van der Waals surface area contributed by atoms with Gasteiger partial charge in [-0.05, 0) is 18.1 Å². The first-order valence-electron chi connectivity index (χ1n) is 4.71. The zero-order valence-electron chi connectivity index (χ0n) is 8.13. The molecular weight excluding hydrogens is 194 g/mol. The molecule has 2 rings (SSSR count). The Balaban J connectivity index is 2.12. The smallest absolute Gasteiger partial charge is 0.407 e. The maximum absolute atomic E-state index is 10.7. The molecular formula is C10H11N3O2. The molecule has 0 bridgehead atoms. The fourth-order valence-electron chi connectivity index (χ4n) is 1.51. The zero-order valence-corrected chi connectivity index (χ0v) is 8.13. The fraction of sp³-hybridized carbons (Fsp3) is 0.300. The molecule has 1 aliphatic heterocycles. The van der Waals surface area contributed by atoms with Gasteiger partial charge in [-0.2, -0.15) is 0 Å². The van der Waals surface area contributed by atoms with Gasteiger partial charge in [0.15, 0.2) is 5.82 Å². The SMILES string of the molecule is O=C(O)N1CC=C(c2ncccn2)CC1. The first-order valence-corrected chi connectivity index (χ1v) is 4.71. The first-order chi connectivity index (χ1) is 7.27. The molecule has 0 aromatic carbocycles. The molecule has 5 nitrogen and oxygen atoms in total. The van der Waals surface area contributed by atoms with Crippen LogP contribution < -0.4 is 0 Å². The van der Waals surface area contributed by atoms with E-state index in [0.29, 0.717) is 25.3 Å². The second kappa shape index (κ2) is 4.08. The summed E-state index contributed by atoms with van der Waals surface area (Å²) in [5.41, 5.74) is 1.02. The van der Waals surface area contributed by atoms with Crippen LogP contribution >= 0.6 is 0 Å². The van der Waals surface area contributed by atoms with E-state index in [0.717, 1.165) is 5.57 Å². The minimum absolute atomic E-state index is 0.420. The highest BCUT2D eigenvalue weighted by Gasteiger charge is 2.17. The highest BCUT2D eigenvalue weighted by Crippen LogP contribution is 2.18. The number of hydrogen-bond donors (Lipinski definition) is 1. The summed E-state index contributed by atoms with van der Waals surface area (Å²) in [5.74, 6) is 0.697. The first kappa shape index (κ1) is 9.64. The van der Waals surface area contributed by atoms with Crippen LogP contribution in [0.4, 0.5) is 4.79 Å². The Labute approximate surface area is 87.1 Å². The maximum atomic E-state index is 10.7. The van der Waals surface area contributed by atoms with Crippen molar-refractivity contribution < 1.29 is 9.90 Å². The van der Waals surface area contributed by atoms with Crippen LogP contribution in [-0.4, -0.2) is 39.2 Å². The van der Waals surface area contributed by atoms with Crippen LogP contribution in [0.3, 0.4) is 0 Å². The summed E-state index contributed by atoms with van der Waals surface area (Å²) < 4.78 is 0. The van der Waals surface area contributed by atoms with E-state index in [1.807, 2.05) is 6.08 Å². The van der Waals surface area contributed by atoms with Gasteiger partial charge in [0.05, 0.1) is 0 Å². The second-order valence-electron chi connectivity index (χ2n) is 3.28. The van der Waals surface area contributed by atoms with Crippen molar-refractivity contribution >= 4 is 11.7 Å². The molecule has 1 N–H and O–H groups in total. The van der Waals surface area contributed by atoms with Crippen molar-refractivity contribution in [3.05, 3.63) is 30.4 Å². The van der Waals surface area contributed by atoms with E-state index in [4.69, 9.17) is 5.11 Å². The van der Waals surface area contributed by atoms with Gasteiger partial charge in [0.1, 0.15) is 0 Å². The predicted octanol–water partition coefficient (Wildman–Crippen LogP) is 1.24. The summed E-state index contributed by atoms with van der Waals surface area (Å²) >= 11 is 0. The van der Waals surface area contributed by atoms with E-state index >= 15 is 0 Å². The van der Waals surface area contributed by atoms with Crippen LogP contribution in [0.1, 0.15) is 12.2 Å². The summed E-state index contributed by atoms with van der Waals surface area (Å²) in [6.07, 6.45) is 5.04. The lowest BCUT2D eigenvalue weighted by Crippen LogP contribution is -2.33. The number of carbonyl (C=O) groups is 1. The Morgan fingerprint density at radius 3 is 2.67 bits per heavy atom. The van der Waals surface area contributed by atoms with E-state index in [-0.39, 0.29) is 0 Å². The van der Waals surface area contributed by atoms with Gasteiger partial charge in [-0.25, -0.2) is 14.8 Å².